The Labute approximate surface area is 129 Å². The van der Waals surface area contributed by atoms with Gasteiger partial charge in [-0.3, -0.25) is 5.01 Å². The fourth-order valence-corrected chi connectivity index (χ4v) is 2.55. The Kier molecular flexibility index (Phi) is 5.01. The number of rotatable bonds is 4. The topological polar surface area (TPSA) is 43.3 Å². The van der Waals surface area contributed by atoms with Crippen LogP contribution in [0.3, 0.4) is 0 Å². The number of ether oxygens (including phenoxy) is 1. The van der Waals surface area contributed by atoms with Crippen molar-refractivity contribution in [3.63, 3.8) is 0 Å². The predicted octanol–water partition coefficient (Wildman–Crippen LogP) is 2.84. The molecule has 21 heavy (non-hydrogen) atoms. The minimum atomic E-state index is -0.369. The second-order valence-corrected chi connectivity index (χ2v) is 6.93. The van der Waals surface area contributed by atoms with Crippen molar-refractivity contribution in [2.24, 2.45) is 5.10 Å². The zero-order chi connectivity index (χ0) is 15.7. The highest BCUT2D eigenvalue weighted by Gasteiger charge is 2.52. The normalized spacial score (nSPS) is 28.8. The molecule has 2 aliphatic heterocycles. The summed E-state index contributed by atoms with van der Waals surface area (Å²) in [5.41, 5.74) is 0.270. The number of hydrogen-bond donors (Lipinski definition) is 0. The van der Waals surface area contributed by atoms with E-state index in [-0.39, 0.29) is 24.5 Å². The molecular formula is C15H29BN2O3. The first-order chi connectivity index (χ1) is 9.77. The number of hydrogen-bond acceptors (Lipinski definition) is 5. The maximum atomic E-state index is 6.08. The van der Waals surface area contributed by atoms with Gasteiger partial charge in [0.2, 0.25) is 0 Å². The number of nitrogens with zero attached hydrogens (tertiary/aromatic N) is 2. The van der Waals surface area contributed by atoms with E-state index in [0.717, 1.165) is 31.5 Å². The lowest BCUT2D eigenvalue weighted by Crippen LogP contribution is -2.41. The molecule has 6 heteroatoms. The molecule has 2 rings (SSSR count). The second kappa shape index (κ2) is 6.27. The van der Waals surface area contributed by atoms with E-state index < -0.39 is 0 Å². The van der Waals surface area contributed by atoms with Crippen LogP contribution in [-0.2, 0) is 14.0 Å². The van der Waals surface area contributed by atoms with Crippen LogP contribution < -0.4 is 0 Å². The monoisotopic (exact) mass is 296 g/mol. The summed E-state index contributed by atoms with van der Waals surface area (Å²) in [6, 6.07) is 0. The molecule has 0 bridgehead atoms. The average molecular weight is 296 g/mol. The van der Waals surface area contributed by atoms with Crippen molar-refractivity contribution in [1.82, 2.24) is 5.01 Å². The fourth-order valence-electron chi connectivity index (χ4n) is 2.55. The van der Waals surface area contributed by atoms with Crippen LogP contribution in [0.25, 0.3) is 0 Å². The first-order valence-electron chi connectivity index (χ1n) is 8.04. The smallest absolute Gasteiger partial charge is 0.399 e. The van der Waals surface area contributed by atoms with Crippen LogP contribution in [-0.4, -0.2) is 48.8 Å². The van der Waals surface area contributed by atoms with Crippen molar-refractivity contribution >= 4 is 12.7 Å². The van der Waals surface area contributed by atoms with Crippen molar-refractivity contribution in [2.75, 3.05) is 13.7 Å². The Morgan fingerprint density at radius 3 is 2.29 bits per heavy atom. The van der Waals surface area contributed by atoms with Crippen LogP contribution in [0.2, 0.25) is 0 Å². The van der Waals surface area contributed by atoms with Gasteiger partial charge in [0, 0.05) is 13.7 Å². The zero-order valence-electron chi connectivity index (χ0n) is 14.3. The van der Waals surface area contributed by atoms with Crippen molar-refractivity contribution in [2.45, 2.75) is 77.7 Å². The van der Waals surface area contributed by atoms with E-state index in [2.05, 4.69) is 34.6 Å². The maximum Gasteiger partial charge on any atom is 0.511 e. The summed E-state index contributed by atoms with van der Waals surface area (Å²) in [5, 5.41) is 6.63. The van der Waals surface area contributed by atoms with Gasteiger partial charge in [0.1, 0.15) is 6.23 Å². The quantitative estimate of drug-likeness (QED) is 0.454. The highest BCUT2D eigenvalue weighted by Crippen LogP contribution is 2.37. The molecule has 1 unspecified atom stereocenters. The van der Waals surface area contributed by atoms with Gasteiger partial charge in [0.05, 0.1) is 16.8 Å². The van der Waals surface area contributed by atoms with E-state index in [9.17, 15) is 0 Å². The van der Waals surface area contributed by atoms with E-state index in [0.29, 0.717) is 0 Å². The van der Waals surface area contributed by atoms with Gasteiger partial charge in [0.25, 0.3) is 0 Å². The van der Waals surface area contributed by atoms with Gasteiger partial charge in [-0.25, -0.2) is 0 Å². The van der Waals surface area contributed by atoms with Crippen LogP contribution in [0.5, 0.6) is 0 Å². The maximum absolute atomic E-state index is 6.08. The number of hydrazone groups is 1. The first-order valence-corrected chi connectivity index (χ1v) is 8.04. The molecule has 0 aromatic rings. The minimum Gasteiger partial charge on any atom is -0.399 e. The highest BCUT2D eigenvalue weighted by atomic mass is 16.7. The Hall–Kier alpha value is -0.585. The summed E-state index contributed by atoms with van der Waals surface area (Å²) in [4.78, 5) is 0. The molecular weight excluding hydrogens is 267 g/mol. The van der Waals surface area contributed by atoms with Crippen molar-refractivity contribution in [1.29, 1.82) is 0 Å². The fraction of sp³-hybridized carbons (Fsp3) is 0.933. The lowest BCUT2D eigenvalue weighted by atomic mass is 9.80. The zero-order valence-corrected chi connectivity index (χ0v) is 14.3. The van der Waals surface area contributed by atoms with Gasteiger partial charge in [-0.2, -0.15) is 5.10 Å². The molecule has 2 aliphatic rings. The molecule has 2 saturated heterocycles. The van der Waals surface area contributed by atoms with Crippen molar-refractivity contribution < 1.29 is 14.0 Å². The van der Waals surface area contributed by atoms with Crippen LogP contribution in [0.15, 0.2) is 5.10 Å². The Bertz CT molecular complexity index is 376. The van der Waals surface area contributed by atoms with Gasteiger partial charge in [0.15, 0.2) is 0 Å². The third-order valence-corrected chi connectivity index (χ3v) is 4.75. The van der Waals surface area contributed by atoms with Crippen LogP contribution in [0, 0.1) is 0 Å². The lowest BCUT2D eigenvalue weighted by molar-refractivity contribution is -0.0743. The van der Waals surface area contributed by atoms with Gasteiger partial charge in [-0.1, -0.05) is 6.92 Å². The molecule has 0 N–H and O–H groups in total. The summed E-state index contributed by atoms with van der Waals surface area (Å²) < 4.78 is 17.9. The molecule has 2 heterocycles. The molecule has 0 aromatic heterocycles. The van der Waals surface area contributed by atoms with E-state index in [1.54, 1.807) is 0 Å². The van der Waals surface area contributed by atoms with Crippen molar-refractivity contribution in [3.05, 3.63) is 0 Å². The molecule has 1 atom stereocenters. The summed E-state index contributed by atoms with van der Waals surface area (Å²) >= 11 is 0. The van der Waals surface area contributed by atoms with Crippen LogP contribution in [0.1, 0.15) is 60.3 Å². The molecule has 5 nitrogen and oxygen atoms in total. The van der Waals surface area contributed by atoms with Crippen LogP contribution >= 0.6 is 0 Å². The standard InChI is InChI=1S/C15H29BN2O3/c1-7-12(16-20-14(2,3)15(4,5)21-16)17-18(6)13-10-8-9-11-19-13/h13H,7-11H2,1-6H3/b17-12+. The van der Waals surface area contributed by atoms with E-state index >= 15 is 0 Å². The van der Waals surface area contributed by atoms with Gasteiger partial charge in [-0.05, 0) is 53.4 Å². The predicted molar refractivity (Wildman–Crippen MR) is 85.2 cm³/mol. The summed E-state index contributed by atoms with van der Waals surface area (Å²) in [5.74, 6) is 0. The van der Waals surface area contributed by atoms with Crippen LogP contribution in [0.4, 0.5) is 0 Å². The third-order valence-electron chi connectivity index (χ3n) is 4.75. The second-order valence-electron chi connectivity index (χ2n) is 6.93. The van der Waals surface area contributed by atoms with E-state index in [1.807, 2.05) is 12.1 Å². The highest BCUT2D eigenvalue weighted by molar-refractivity contribution is 6.82. The average Bonchev–Trinajstić information content (AvgIpc) is 2.65. The summed E-state index contributed by atoms with van der Waals surface area (Å²) in [7, 11) is 1.60. The van der Waals surface area contributed by atoms with Crippen molar-refractivity contribution in [3.8, 4) is 0 Å². The molecule has 0 radical (unpaired) electrons. The lowest BCUT2D eigenvalue weighted by Gasteiger charge is -2.32. The Morgan fingerprint density at radius 1 is 1.19 bits per heavy atom. The largest absolute Gasteiger partial charge is 0.511 e. The molecule has 0 amide bonds. The Morgan fingerprint density at radius 2 is 1.81 bits per heavy atom. The minimum absolute atomic E-state index is 0.0720. The molecule has 120 valence electrons. The third kappa shape index (κ3) is 3.60. The SMILES string of the molecule is CC/C(=N\N(C)C1CCCCO1)B1OC(C)(C)C(C)(C)O1. The molecule has 0 spiro atoms. The first kappa shape index (κ1) is 16.8. The van der Waals surface area contributed by atoms with E-state index in [4.69, 9.17) is 19.1 Å². The molecule has 0 aromatic carbocycles. The van der Waals surface area contributed by atoms with Gasteiger partial charge in [-0.15, -0.1) is 0 Å². The summed E-state index contributed by atoms with van der Waals surface area (Å²) in [6.45, 7) is 11.2. The molecule has 2 fully saturated rings. The van der Waals surface area contributed by atoms with Gasteiger partial charge >= 0.3 is 7.12 Å². The summed E-state index contributed by atoms with van der Waals surface area (Å²) in [6.07, 6.45) is 4.24. The molecule has 0 aliphatic carbocycles. The van der Waals surface area contributed by atoms with E-state index in [1.165, 1.54) is 6.42 Å². The molecule has 0 saturated carbocycles. The van der Waals surface area contributed by atoms with Gasteiger partial charge < -0.3 is 14.0 Å². The Balaban J connectivity index is 2.07.